The minimum absolute atomic E-state index is 0.0240. The molecule has 3 unspecified atom stereocenters. The van der Waals surface area contributed by atoms with Crippen LogP contribution >= 0.6 is 0 Å². The van der Waals surface area contributed by atoms with E-state index in [1.54, 1.807) is 24.8 Å². The number of carbonyl (C=O) groups excluding carboxylic acids is 1. The predicted octanol–water partition coefficient (Wildman–Crippen LogP) is 2.19. The van der Waals surface area contributed by atoms with Crippen molar-refractivity contribution in [3.63, 3.8) is 0 Å². The molecule has 3 aromatic rings. The van der Waals surface area contributed by atoms with Gasteiger partial charge in [0.05, 0.1) is 5.69 Å². The van der Waals surface area contributed by atoms with Crippen molar-refractivity contribution in [3.05, 3.63) is 42.4 Å². The van der Waals surface area contributed by atoms with E-state index in [-0.39, 0.29) is 17.9 Å². The molecule has 2 aliphatic carbocycles. The number of fused-ring (bicyclic) bond motifs is 2. The molecule has 2 aliphatic rings. The Kier molecular flexibility index (Phi) is 4.65. The van der Waals surface area contributed by atoms with Crippen molar-refractivity contribution < 1.29 is 9.00 Å². The van der Waals surface area contributed by atoms with Gasteiger partial charge in [-0.3, -0.25) is 14.1 Å². The number of carbonyl (C=O) groups is 1. The molecule has 0 radical (unpaired) electrons. The fraction of sp³-hybridized carbons (Fsp3) is 0.364. The molecule has 160 valence electrons. The fourth-order valence-electron chi connectivity index (χ4n) is 5.11. The van der Waals surface area contributed by atoms with Gasteiger partial charge in [0.2, 0.25) is 5.91 Å². The molecular formula is C22H24N6O2S. The van der Waals surface area contributed by atoms with E-state index >= 15 is 0 Å². The molecule has 0 spiro atoms. The third kappa shape index (κ3) is 3.33. The maximum absolute atomic E-state index is 12.7. The van der Waals surface area contributed by atoms with Crippen LogP contribution in [0.25, 0.3) is 22.0 Å². The first kappa shape index (κ1) is 19.9. The molecule has 2 saturated carbocycles. The van der Waals surface area contributed by atoms with Crippen LogP contribution in [0.3, 0.4) is 0 Å². The van der Waals surface area contributed by atoms with Gasteiger partial charge in [-0.15, -0.1) is 0 Å². The molecule has 2 fully saturated rings. The predicted molar refractivity (Wildman–Crippen MR) is 121 cm³/mol. The van der Waals surface area contributed by atoms with Crippen LogP contribution < -0.4 is 15.8 Å². The fourth-order valence-corrected chi connectivity index (χ4v) is 6.06. The molecule has 3 atom stereocenters. The standard InChI is InChI=1S/C22H24N6O2S/c1-11-3-4-25-9-16(11)18-5-12-6-19(26-10-17(12)21(23)27-18)28(31(2)30)13-7-14-15(8-13)20(14)22(24)29/h3-6,9-10,13-15,20H,7-8H2,1-2H3,(H2,23,27)(H2,24,29). The molecule has 31 heavy (non-hydrogen) atoms. The van der Waals surface area contributed by atoms with Crippen molar-refractivity contribution >= 4 is 39.3 Å². The van der Waals surface area contributed by atoms with Gasteiger partial charge >= 0.3 is 0 Å². The lowest BCUT2D eigenvalue weighted by atomic mass is 10.1. The van der Waals surface area contributed by atoms with Crippen molar-refractivity contribution in [1.29, 1.82) is 0 Å². The summed E-state index contributed by atoms with van der Waals surface area (Å²) >= 11 is 0. The Morgan fingerprint density at radius 1 is 1.23 bits per heavy atom. The summed E-state index contributed by atoms with van der Waals surface area (Å²) in [5, 5.41) is 1.63. The second-order valence-corrected chi connectivity index (χ2v) is 9.72. The number of primary amides is 1. The van der Waals surface area contributed by atoms with Gasteiger partial charge in [-0.1, -0.05) is 0 Å². The number of nitrogens with zero attached hydrogens (tertiary/aromatic N) is 4. The summed E-state index contributed by atoms with van der Waals surface area (Å²) in [5.74, 6) is 1.38. The zero-order chi connectivity index (χ0) is 21.9. The molecule has 5 rings (SSSR count). The van der Waals surface area contributed by atoms with E-state index < -0.39 is 11.0 Å². The molecule has 3 heterocycles. The van der Waals surface area contributed by atoms with Crippen LogP contribution in [0.4, 0.5) is 11.6 Å². The second kappa shape index (κ2) is 7.26. The summed E-state index contributed by atoms with van der Waals surface area (Å²) in [6.07, 6.45) is 8.47. The lowest BCUT2D eigenvalue weighted by molar-refractivity contribution is -0.119. The number of nitrogens with two attached hydrogens (primary N) is 2. The van der Waals surface area contributed by atoms with Crippen molar-refractivity contribution in [2.24, 2.45) is 23.5 Å². The number of aryl methyl sites for hydroxylation is 1. The molecule has 0 saturated heterocycles. The largest absolute Gasteiger partial charge is 0.383 e. The molecule has 3 aromatic heterocycles. The van der Waals surface area contributed by atoms with Gasteiger partial charge in [-0.2, -0.15) is 0 Å². The number of rotatable bonds is 5. The average Bonchev–Trinajstić information content (AvgIpc) is 3.24. The van der Waals surface area contributed by atoms with Gasteiger partial charge in [0.15, 0.2) is 0 Å². The zero-order valence-electron chi connectivity index (χ0n) is 17.4. The normalized spacial score (nSPS) is 25.2. The van der Waals surface area contributed by atoms with Gasteiger partial charge in [0.25, 0.3) is 0 Å². The van der Waals surface area contributed by atoms with E-state index in [0.717, 1.165) is 40.4 Å². The van der Waals surface area contributed by atoms with Gasteiger partial charge in [-0.05, 0) is 60.7 Å². The summed E-state index contributed by atoms with van der Waals surface area (Å²) in [7, 11) is -1.26. The SMILES string of the molecule is Cc1ccncc1-c1cc2cc(N(C3CC4C(C3)C4C(N)=O)S(C)=O)ncc2c(N)n1. The Morgan fingerprint density at radius 2 is 1.97 bits per heavy atom. The van der Waals surface area contributed by atoms with Crippen molar-refractivity contribution in [3.8, 4) is 11.3 Å². The lowest BCUT2D eigenvalue weighted by Gasteiger charge is -2.29. The summed E-state index contributed by atoms with van der Waals surface area (Å²) in [6, 6.07) is 5.88. The van der Waals surface area contributed by atoms with E-state index in [1.807, 2.05) is 29.4 Å². The van der Waals surface area contributed by atoms with Crippen LogP contribution in [0.5, 0.6) is 0 Å². The van der Waals surface area contributed by atoms with E-state index in [4.69, 9.17) is 11.5 Å². The molecule has 9 heteroatoms. The average molecular weight is 437 g/mol. The van der Waals surface area contributed by atoms with Crippen LogP contribution in [0.2, 0.25) is 0 Å². The number of hydrogen-bond donors (Lipinski definition) is 2. The van der Waals surface area contributed by atoms with Crippen molar-refractivity contribution in [2.45, 2.75) is 25.8 Å². The highest BCUT2D eigenvalue weighted by Gasteiger charge is 2.60. The number of amides is 1. The van der Waals surface area contributed by atoms with Gasteiger partial charge in [0, 0.05) is 47.8 Å². The first-order valence-corrected chi connectivity index (χ1v) is 11.8. The maximum Gasteiger partial charge on any atom is 0.221 e. The molecule has 0 bridgehead atoms. The minimum atomic E-state index is -1.26. The molecule has 8 nitrogen and oxygen atoms in total. The van der Waals surface area contributed by atoms with Crippen molar-refractivity contribution in [2.75, 3.05) is 16.3 Å². The highest BCUT2D eigenvalue weighted by atomic mass is 32.2. The Morgan fingerprint density at radius 3 is 2.61 bits per heavy atom. The minimum Gasteiger partial charge on any atom is -0.383 e. The Labute approximate surface area is 182 Å². The Balaban J connectivity index is 1.51. The molecule has 1 amide bonds. The summed E-state index contributed by atoms with van der Waals surface area (Å²) in [6.45, 7) is 2.00. The molecular weight excluding hydrogens is 412 g/mol. The van der Waals surface area contributed by atoms with E-state index in [9.17, 15) is 9.00 Å². The summed E-state index contributed by atoms with van der Waals surface area (Å²) in [4.78, 5) is 24.8. The monoisotopic (exact) mass is 436 g/mol. The summed E-state index contributed by atoms with van der Waals surface area (Å²) in [5.41, 5.74) is 14.4. The second-order valence-electron chi connectivity index (χ2n) is 8.48. The van der Waals surface area contributed by atoms with Crippen LogP contribution in [-0.2, 0) is 15.8 Å². The quantitative estimate of drug-likeness (QED) is 0.631. The smallest absolute Gasteiger partial charge is 0.221 e. The van der Waals surface area contributed by atoms with E-state index in [1.165, 1.54) is 0 Å². The molecule has 4 N–H and O–H groups in total. The first-order valence-electron chi connectivity index (χ1n) is 10.2. The van der Waals surface area contributed by atoms with Gasteiger partial charge in [-0.25, -0.2) is 14.2 Å². The highest BCUT2D eigenvalue weighted by Crippen LogP contribution is 2.58. The van der Waals surface area contributed by atoms with Crippen LogP contribution in [0.1, 0.15) is 18.4 Å². The first-order chi connectivity index (χ1) is 14.8. The Bertz CT molecular complexity index is 1220. The number of nitrogen functional groups attached to an aromatic ring is 1. The van der Waals surface area contributed by atoms with Crippen LogP contribution in [0.15, 0.2) is 36.8 Å². The topological polar surface area (TPSA) is 128 Å². The summed E-state index contributed by atoms with van der Waals surface area (Å²) < 4.78 is 14.5. The number of anilines is 2. The number of pyridine rings is 3. The van der Waals surface area contributed by atoms with Crippen LogP contribution in [0, 0.1) is 24.7 Å². The van der Waals surface area contributed by atoms with Crippen LogP contribution in [-0.4, -0.2) is 37.4 Å². The molecule has 0 aliphatic heterocycles. The van der Waals surface area contributed by atoms with Gasteiger partial charge in [0.1, 0.15) is 22.6 Å². The zero-order valence-corrected chi connectivity index (χ0v) is 18.2. The third-order valence-electron chi connectivity index (χ3n) is 6.63. The number of hydrogen-bond acceptors (Lipinski definition) is 6. The van der Waals surface area contributed by atoms with Gasteiger partial charge < -0.3 is 11.5 Å². The lowest BCUT2D eigenvalue weighted by Crippen LogP contribution is -2.37. The third-order valence-corrected chi connectivity index (χ3v) is 7.67. The van der Waals surface area contributed by atoms with E-state index in [2.05, 4.69) is 15.0 Å². The van der Waals surface area contributed by atoms with Crippen molar-refractivity contribution in [1.82, 2.24) is 15.0 Å². The van der Waals surface area contributed by atoms with E-state index in [0.29, 0.717) is 23.5 Å². The Hall–Kier alpha value is -3.07. The highest BCUT2D eigenvalue weighted by molar-refractivity contribution is 7.85. The maximum atomic E-state index is 12.7. The number of aromatic nitrogens is 3. The molecule has 0 aromatic carbocycles.